The fourth-order valence-corrected chi connectivity index (χ4v) is 3.77. The molecular weight excluding hydrogens is 330 g/mol. The van der Waals surface area contributed by atoms with E-state index in [-0.39, 0.29) is 11.9 Å². The first-order valence-electron chi connectivity index (χ1n) is 8.95. The highest BCUT2D eigenvalue weighted by atomic mass is 16.6. The zero-order chi connectivity index (χ0) is 17.5. The van der Waals surface area contributed by atoms with Gasteiger partial charge in [-0.3, -0.25) is 4.79 Å². The van der Waals surface area contributed by atoms with E-state index in [4.69, 9.17) is 14.5 Å². The third-order valence-electron chi connectivity index (χ3n) is 5.03. The predicted octanol–water partition coefficient (Wildman–Crippen LogP) is 3.31. The fourth-order valence-electron chi connectivity index (χ4n) is 3.77. The summed E-state index contributed by atoms with van der Waals surface area (Å²) in [6.45, 7) is 1.78. The number of hydrogen-bond acceptors (Lipinski definition) is 4. The molecule has 6 heteroatoms. The number of imidazole rings is 1. The summed E-state index contributed by atoms with van der Waals surface area (Å²) in [5.41, 5.74) is 2.56. The molecule has 1 N–H and O–H groups in total. The van der Waals surface area contributed by atoms with Gasteiger partial charge in [0.1, 0.15) is 19.0 Å². The molecule has 0 saturated carbocycles. The maximum Gasteiger partial charge on any atom is 0.254 e. The highest BCUT2D eigenvalue weighted by molar-refractivity contribution is 5.95. The van der Waals surface area contributed by atoms with Gasteiger partial charge < -0.3 is 19.4 Å². The smallest absolute Gasteiger partial charge is 0.254 e. The predicted molar refractivity (Wildman–Crippen MR) is 96.5 cm³/mol. The first kappa shape index (κ1) is 15.3. The van der Waals surface area contributed by atoms with Gasteiger partial charge in [-0.2, -0.15) is 0 Å². The average molecular weight is 349 g/mol. The van der Waals surface area contributed by atoms with Crippen LogP contribution in [0.1, 0.15) is 35.1 Å². The molecule has 1 atom stereocenters. The van der Waals surface area contributed by atoms with E-state index >= 15 is 0 Å². The number of hydrogen-bond donors (Lipinski definition) is 1. The molecule has 5 rings (SSSR count). The van der Waals surface area contributed by atoms with E-state index in [2.05, 4.69) is 4.98 Å². The van der Waals surface area contributed by atoms with Crippen molar-refractivity contribution in [2.24, 2.45) is 0 Å². The number of rotatable bonds is 2. The van der Waals surface area contributed by atoms with Gasteiger partial charge in [0, 0.05) is 12.1 Å². The molecule has 3 aromatic rings. The molecule has 0 aliphatic carbocycles. The largest absolute Gasteiger partial charge is 0.486 e. The number of likely N-dealkylation sites (tertiary alicyclic amines) is 1. The van der Waals surface area contributed by atoms with E-state index in [1.807, 2.05) is 41.3 Å². The Bertz CT molecular complexity index is 948. The van der Waals surface area contributed by atoms with Crippen molar-refractivity contribution in [2.75, 3.05) is 19.8 Å². The summed E-state index contributed by atoms with van der Waals surface area (Å²) in [4.78, 5) is 23.1. The van der Waals surface area contributed by atoms with E-state index in [1.165, 1.54) is 0 Å². The summed E-state index contributed by atoms with van der Waals surface area (Å²) in [6, 6.07) is 13.3. The Balaban J connectivity index is 1.45. The SMILES string of the molecule is O=C(c1ccc2c(c1)OCCO2)N1CCC[C@H]1c1nc2ccccc2[nH]1. The van der Waals surface area contributed by atoms with E-state index < -0.39 is 0 Å². The Hall–Kier alpha value is -3.02. The number of nitrogens with zero attached hydrogens (tertiary/aromatic N) is 2. The quantitative estimate of drug-likeness (QED) is 0.771. The zero-order valence-electron chi connectivity index (χ0n) is 14.3. The van der Waals surface area contributed by atoms with Crippen LogP contribution in [0.2, 0.25) is 0 Å². The molecule has 132 valence electrons. The van der Waals surface area contributed by atoms with Gasteiger partial charge in [0.15, 0.2) is 11.5 Å². The molecule has 2 aliphatic rings. The first-order valence-corrected chi connectivity index (χ1v) is 8.95. The van der Waals surface area contributed by atoms with Gasteiger partial charge in [-0.05, 0) is 43.2 Å². The first-order chi connectivity index (χ1) is 12.8. The van der Waals surface area contributed by atoms with Crippen LogP contribution in [0, 0.1) is 0 Å². The van der Waals surface area contributed by atoms with E-state index in [0.29, 0.717) is 30.3 Å². The lowest BCUT2D eigenvalue weighted by atomic mass is 10.1. The summed E-state index contributed by atoms with van der Waals surface area (Å²) < 4.78 is 11.2. The van der Waals surface area contributed by atoms with Crippen molar-refractivity contribution in [1.29, 1.82) is 0 Å². The molecule has 1 fully saturated rings. The second-order valence-corrected chi connectivity index (χ2v) is 6.65. The third kappa shape index (κ3) is 2.49. The minimum atomic E-state index is -0.0249. The second-order valence-electron chi connectivity index (χ2n) is 6.65. The number of aromatic amines is 1. The molecule has 1 saturated heterocycles. The fraction of sp³-hybridized carbons (Fsp3) is 0.300. The van der Waals surface area contributed by atoms with Crippen molar-refractivity contribution >= 4 is 16.9 Å². The lowest BCUT2D eigenvalue weighted by Crippen LogP contribution is -2.31. The number of amides is 1. The molecule has 1 amide bonds. The number of H-pyrrole nitrogens is 1. The van der Waals surface area contributed by atoms with E-state index in [1.54, 1.807) is 6.07 Å². The van der Waals surface area contributed by atoms with Crippen LogP contribution in [-0.2, 0) is 0 Å². The molecule has 26 heavy (non-hydrogen) atoms. The Labute approximate surface area is 150 Å². The summed E-state index contributed by atoms with van der Waals surface area (Å²) in [5.74, 6) is 2.20. The van der Waals surface area contributed by atoms with Crippen LogP contribution in [0.15, 0.2) is 42.5 Å². The average Bonchev–Trinajstić information content (AvgIpc) is 3.33. The van der Waals surface area contributed by atoms with E-state index in [0.717, 1.165) is 36.2 Å². The maximum absolute atomic E-state index is 13.1. The lowest BCUT2D eigenvalue weighted by molar-refractivity contribution is 0.0729. The van der Waals surface area contributed by atoms with Crippen molar-refractivity contribution in [3.05, 3.63) is 53.9 Å². The van der Waals surface area contributed by atoms with Crippen molar-refractivity contribution < 1.29 is 14.3 Å². The summed E-state index contributed by atoms with van der Waals surface area (Å²) >= 11 is 0. The van der Waals surface area contributed by atoms with Crippen LogP contribution in [-0.4, -0.2) is 40.5 Å². The van der Waals surface area contributed by atoms with Gasteiger partial charge in [0.05, 0.1) is 17.1 Å². The topological polar surface area (TPSA) is 67.5 Å². The summed E-state index contributed by atoms with van der Waals surface area (Å²) in [7, 11) is 0. The molecule has 0 radical (unpaired) electrons. The van der Waals surface area contributed by atoms with Crippen molar-refractivity contribution in [2.45, 2.75) is 18.9 Å². The van der Waals surface area contributed by atoms with Crippen LogP contribution in [0.3, 0.4) is 0 Å². The van der Waals surface area contributed by atoms with Crippen molar-refractivity contribution in [3.63, 3.8) is 0 Å². The number of nitrogens with one attached hydrogen (secondary N) is 1. The normalized spacial score (nSPS) is 19.1. The number of ether oxygens (including phenoxy) is 2. The van der Waals surface area contributed by atoms with Gasteiger partial charge in [-0.1, -0.05) is 12.1 Å². The molecule has 2 aliphatic heterocycles. The number of carbonyl (C=O) groups is 1. The number of benzene rings is 2. The molecule has 0 bridgehead atoms. The molecule has 6 nitrogen and oxygen atoms in total. The van der Waals surface area contributed by atoms with Crippen molar-refractivity contribution in [1.82, 2.24) is 14.9 Å². The summed E-state index contributed by atoms with van der Waals surface area (Å²) in [6.07, 6.45) is 1.88. The van der Waals surface area contributed by atoms with Gasteiger partial charge in [-0.15, -0.1) is 0 Å². The molecule has 3 heterocycles. The molecule has 1 aromatic heterocycles. The maximum atomic E-state index is 13.1. The van der Waals surface area contributed by atoms with Crippen LogP contribution in [0.5, 0.6) is 11.5 Å². The zero-order valence-corrected chi connectivity index (χ0v) is 14.3. The van der Waals surface area contributed by atoms with Gasteiger partial charge >= 0.3 is 0 Å². The van der Waals surface area contributed by atoms with Gasteiger partial charge in [0.2, 0.25) is 0 Å². The van der Waals surface area contributed by atoms with Gasteiger partial charge in [0.25, 0.3) is 5.91 Å². The number of carbonyl (C=O) groups excluding carboxylic acids is 1. The monoisotopic (exact) mass is 349 g/mol. The molecule has 0 unspecified atom stereocenters. The van der Waals surface area contributed by atoms with Crippen LogP contribution in [0.4, 0.5) is 0 Å². The minimum Gasteiger partial charge on any atom is -0.486 e. The number of para-hydroxylation sites is 2. The number of fused-ring (bicyclic) bond motifs is 2. The van der Waals surface area contributed by atoms with Crippen LogP contribution in [0.25, 0.3) is 11.0 Å². The van der Waals surface area contributed by atoms with Crippen molar-refractivity contribution in [3.8, 4) is 11.5 Å². The van der Waals surface area contributed by atoms with Crippen LogP contribution >= 0.6 is 0 Å². The third-order valence-corrected chi connectivity index (χ3v) is 5.03. The Morgan fingerprint density at radius 3 is 2.85 bits per heavy atom. The van der Waals surface area contributed by atoms with Crippen LogP contribution < -0.4 is 9.47 Å². The highest BCUT2D eigenvalue weighted by Crippen LogP contribution is 2.35. The molecule has 2 aromatic carbocycles. The molecular formula is C20H19N3O3. The standard InChI is InChI=1S/C20H19N3O3/c24-20(13-7-8-17-18(12-13)26-11-10-25-17)23-9-3-6-16(23)19-21-14-4-1-2-5-15(14)22-19/h1-2,4-5,7-8,12,16H,3,6,9-11H2,(H,21,22)/t16-/m0/s1. The Kier molecular flexibility index (Phi) is 3.55. The Morgan fingerprint density at radius 2 is 1.96 bits per heavy atom. The van der Waals surface area contributed by atoms with E-state index in [9.17, 15) is 4.79 Å². The Morgan fingerprint density at radius 1 is 1.12 bits per heavy atom. The number of aromatic nitrogens is 2. The highest BCUT2D eigenvalue weighted by Gasteiger charge is 2.33. The molecule has 0 spiro atoms. The summed E-state index contributed by atoms with van der Waals surface area (Å²) in [5, 5.41) is 0. The second kappa shape index (κ2) is 6.05. The minimum absolute atomic E-state index is 0.00456. The van der Waals surface area contributed by atoms with Gasteiger partial charge in [-0.25, -0.2) is 4.98 Å². The lowest BCUT2D eigenvalue weighted by Gasteiger charge is -2.24.